The van der Waals surface area contributed by atoms with Crippen molar-refractivity contribution in [2.24, 2.45) is 50.7 Å². The molecule has 3 N–H and O–H groups in total. The number of aliphatic hydroxyl groups excluding tert-OH is 2. The van der Waals surface area contributed by atoms with E-state index in [4.69, 9.17) is 14.2 Å². The van der Waals surface area contributed by atoms with Gasteiger partial charge in [-0.2, -0.15) is 0 Å². The standard InChI is InChI=1S/C41H62N2O7/c1-24-20-26(34(45)37(4,5)47)49-33-32(24)38(6)14-15-41-23-40(41)13-10-29(36(2,3)27(40)8-9-28(41)39(38,7)35(33)46)50-31-22-43(18-19-48-31)30(44)21-25-11-16-42-17-12-25/h11-12,16-17,24,26-29,31-35,45-47H,8-10,13-15,18-23H2,1-7H3. The number of hydrogen-bond donors (Lipinski definition) is 3. The molecular formula is C41H62N2O7. The van der Waals surface area contributed by atoms with Crippen LogP contribution in [0.4, 0.5) is 0 Å². The van der Waals surface area contributed by atoms with Crippen LogP contribution >= 0.6 is 0 Å². The molecule has 5 saturated carbocycles. The smallest absolute Gasteiger partial charge is 0.227 e. The second-order valence-corrected chi connectivity index (χ2v) is 19.5. The quantitative estimate of drug-likeness (QED) is 0.375. The van der Waals surface area contributed by atoms with E-state index in [0.717, 1.165) is 37.7 Å². The molecule has 1 amide bonds. The van der Waals surface area contributed by atoms with Gasteiger partial charge in [0.25, 0.3) is 0 Å². The molecular weight excluding hydrogens is 632 g/mol. The fourth-order valence-electron chi connectivity index (χ4n) is 14.1. The van der Waals surface area contributed by atoms with Crippen molar-refractivity contribution >= 4 is 5.91 Å². The van der Waals surface area contributed by atoms with Gasteiger partial charge in [0.15, 0.2) is 6.29 Å². The molecule has 0 radical (unpaired) electrons. The van der Waals surface area contributed by atoms with Crippen molar-refractivity contribution in [1.82, 2.24) is 9.88 Å². The lowest BCUT2D eigenvalue weighted by Gasteiger charge is -2.64. The first kappa shape index (κ1) is 35.4. The molecule has 14 atom stereocenters. The number of aromatic nitrogens is 1. The van der Waals surface area contributed by atoms with Crippen LogP contribution in [0.1, 0.15) is 105 Å². The number of morpholine rings is 1. The van der Waals surface area contributed by atoms with Gasteiger partial charge in [-0.05, 0) is 128 Å². The molecule has 2 saturated heterocycles. The summed E-state index contributed by atoms with van der Waals surface area (Å²) in [5.41, 5.74) is -0.170. The molecule has 14 unspecified atom stereocenters. The molecule has 0 aromatic carbocycles. The van der Waals surface area contributed by atoms with Crippen molar-refractivity contribution in [3.05, 3.63) is 30.1 Å². The molecule has 3 heterocycles. The number of ether oxygens (including phenoxy) is 3. The van der Waals surface area contributed by atoms with Crippen LogP contribution in [0.3, 0.4) is 0 Å². The predicted octanol–water partition coefficient (Wildman–Crippen LogP) is 5.14. The Balaban J connectivity index is 0.985. The molecule has 2 spiro atoms. The molecule has 278 valence electrons. The Morgan fingerprint density at radius 2 is 1.78 bits per heavy atom. The van der Waals surface area contributed by atoms with Gasteiger partial charge in [0.05, 0.1) is 49.6 Å². The zero-order valence-electron chi connectivity index (χ0n) is 31.4. The molecule has 50 heavy (non-hydrogen) atoms. The number of amides is 1. The zero-order valence-corrected chi connectivity index (χ0v) is 31.4. The molecule has 8 rings (SSSR count). The van der Waals surface area contributed by atoms with Crippen LogP contribution < -0.4 is 0 Å². The van der Waals surface area contributed by atoms with Gasteiger partial charge >= 0.3 is 0 Å². The van der Waals surface area contributed by atoms with Gasteiger partial charge in [-0.15, -0.1) is 0 Å². The van der Waals surface area contributed by atoms with Crippen molar-refractivity contribution in [1.29, 1.82) is 0 Å². The van der Waals surface area contributed by atoms with Crippen LogP contribution in [-0.4, -0.2) is 93.2 Å². The third-order valence-corrected chi connectivity index (χ3v) is 16.6. The maximum absolute atomic E-state index is 13.2. The van der Waals surface area contributed by atoms with Crippen LogP contribution in [0.5, 0.6) is 0 Å². The van der Waals surface area contributed by atoms with E-state index in [2.05, 4.69) is 39.6 Å². The van der Waals surface area contributed by atoms with Gasteiger partial charge in [-0.3, -0.25) is 9.78 Å². The highest BCUT2D eigenvalue weighted by Crippen LogP contribution is 2.89. The van der Waals surface area contributed by atoms with E-state index in [9.17, 15) is 20.1 Å². The summed E-state index contributed by atoms with van der Waals surface area (Å²) in [6, 6.07) is 3.79. The largest absolute Gasteiger partial charge is 0.390 e. The number of carbonyl (C=O) groups is 1. The fourth-order valence-corrected chi connectivity index (χ4v) is 14.1. The normalized spacial score (nSPS) is 48.4. The topological polar surface area (TPSA) is 122 Å². The lowest BCUT2D eigenvalue weighted by molar-refractivity contribution is -0.248. The number of rotatable bonds is 6. The Bertz CT molecular complexity index is 1470. The summed E-state index contributed by atoms with van der Waals surface area (Å²) in [4.78, 5) is 19.2. The lowest BCUT2D eigenvalue weighted by Crippen LogP contribution is -2.60. The Morgan fingerprint density at radius 3 is 2.50 bits per heavy atom. The average Bonchev–Trinajstić information content (AvgIpc) is 3.70. The van der Waals surface area contributed by atoms with E-state index in [1.54, 1.807) is 26.2 Å². The minimum absolute atomic E-state index is 0.0403. The molecule has 1 aromatic heterocycles. The molecule has 7 fully saturated rings. The highest BCUT2D eigenvalue weighted by molar-refractivity contribution is 5.78. The number of hydrogen-bond acceptors (Lipinski definition) is 8. The molecule has 0 bridgehead atoms. The van der Waals surface area contributed by atoms with Crippen LogP contribution in [0.25, 0.3) is 0 Å². The van der Waals surface area contributed by atoms with E-state index >= 15 is 0 Å². The molecule has 9 heteroatoms. The van der Waals surface area contributed by atoms with Gasteiger partial charge in [0.1, 0.15) is 6.10 Å². The van der Waals surface area contributed by atoms with E-state index in [0.29, 0.717) is 44.4 Å². The first-order chi connectivity index (χ1) is 23.5. The minimum Gasteiger partial charge on any atom is -0.390 e. The van der Waals surface area contributed by atoms with E-state index in [1.807, 2.05) is 17.0 Å². The second kappa shape index (κ2) is 11.7. The van der Waals surface area contributed by atoms with Gasteiger partial charge in [0, 0.05) is 24.4 Å². The maximum atomic E-state index is 13.2. The molecule has 5 aliphatic carbocycles. The number of pyridine rings is 1. The molecule has 1 aromatic rings. The first-order valence-electron chi connectivity index (χ1n) is 19.7. The Labute approximate surface area is 298 Å². The molecule has 2 aliphatic heterocycles. The molecule has 9 nitrogen and oxygen atoms in total. The Kier molecular flexibility index (Phi) is 8.28. The Hall–Kier alpha value is -1.62. The van der Waals surface area contributed by atoms with Crippen molar-refractivity contribution in [2.75, 3.05) is 19.7 Å². The van der Waals surface area contributed by atoms with E-state index in [-0.39, 0.29) is 57.0 Å². The van der Waals surface area contributed by atoms with Gasteiger partial charge in [-0.1, -0.05) is 34.6 Å². The monoisotopic (exact) mass is 694 g/mol. The summed E-state index contributed by atoms with van der Waals surface area (Å²) in [5.74, 6) is 1.57. The highest BCUT2D eigenvalue weighted by Gasteiger charge is 2.84. The number of aliphatic hydroxyl groups is 3. The maximum Gasteiger partial charge on any atom is 0.227 e. The third-order valence-electron chi connectivity index (χ3n) is 16.6. The number of carbonyl (C=O) groups excluding carboxylic acids is 1. The molecule has 7 aliphatic rings. The summed E-state index contributed by atoms with van der Waals surface area (Å²) in [6.07, 6.45) is 9.66. The third kappa shape index (κ3) is 4.85. The van der Waals surface area contributed by atoms with Crippen LogP contribution in [0.2, 0.25) is 0 Å². The van der Waals surface area contributed by atoms with Crippen LogP contribution in [-0.2, 0) is 25.4 Å². The van der Waals surface area contributed by atoms with Crippen molar-refractivity contribution in [2.45, 2.75) is 149 Å². The van der Waals surface area contributed by atoms with Gasteiger partial charge in [-0.25, -0.2) is 0 Å². The first-order valence-corrected chi connectivity index (χ1v) is 19.7. The summed E-state index contributed by atoms with van der Waals surface area (Å²) < 4.78 is 19.7. The van der Waals surface area contributed by atoms with Crippen molar-refractivity contribution in [3.63, 3.8) is 0 Å². The summed E-state index contributed by atoms with van der Waals surface area (Å²) in [5, 5.41) is 34.2. The fraction of sp³-hybridized carbons (Fsp3) is 0.854. The second-order valence-electron chi connectivity index (χ2n) is 19.5. The predicted molar refractivity (Wildman–Crippen MR) is 188 cm³/mol. The number of nitrogens with zero attached hydrogens (tertiary/aromatic N) is 2. The van der Waals surface area contributed by atoms with E-state index in [1.165, 1.54) is 12.8 Å². The summed E-state index contributed by atoms with van der Waals surface area (Å²) >= 11 is 0. The van der Waals surface area contributed by atoms with E-state index < -0.39 is 30.2 Å². The average molecular weight is 695 g/mol. The van der Waals surface area contributed by atoms with Crippen molar-refractivity contribution in [3.8, 4) is 0 Å². The summed E-state index contributed by atoms with van der Waals surface area (Å²) in [7, 11) is 0. The zero-order chi connectivity index (χ0) is 35.6. The van der Waals surface area contributed by atoms with Crippen LogP contribution in [0, 0.1) is 50.7 Å². The van der Waals surface area contributed by atoms with Crippen LogP contribution in [0.15, 0.2) is 24.5 Å². The minimum atomic E-state index is -1.26. The number of fused-ring (bicyclic) bond motifs is 4. The van der Waals surface area contributed by atoms with Gasteiger partial charge < -0.3 is 34.4 Å². The highest BCUT2D eigenvalue weighted by atomic mass is 16.7. The summed E-state index contributed by atoms with van der Waals surface area (Å²) in [6.45, 7) is 16.8. The van der Waals surface area contributed by atoms with Gasteiger partial charge in [0.2, 0.25) is 5.91 Å². The van der Waals surface area contributed by atoms with Crippen molar-refractivity contribution < 1.29 is 34.3 Å². The Morgan fingerprint density at radius 1 is 1.08 bits per heavy atom. The lowest BCUT2D eigenvalue weighted by atomic mass is 9.41. The SMILES string of the molecule is CC1CC(C(O)C(C)(C)O)OC2C1C1(C)CCC34CC35CCC(OC3CN(C(=O)Cc6ccncc6)CCO3)C(C)(C)C5CCC4C1(C)C2O.